The van der Waals surface area contributed by atoms with E-state index in [9.17, 15) is 0 Å². The van der Waals surface area contributed by atoms with Gasteiger partial charge in [0.05, 0.1) is 13.2 Å². The molecule has 0 aromatic heterocycles. The quantitative estimate of drug-likeness (QED) is 0.913. The first-order valence-corrected chi connectivity index (χ1v) is 6.87. The Balaban J connectivity index is 1.88. The van der Waals surface area contributed by atoms with Crippen molar-refractivity contribution in [2.24, 2.45) is 5.73 Å². The highest BCUT2D eigenvalue weighted by atomic mass is 16.5. The largest absolute Gasteiger partial charge is 0.378 e. The van der Waals surface area contributed by atoms with Gasteiger partial charge in [0.25, 0.3) is 0 Å². The summed E-state index contributed by atoms with van der Waals surface area (Å²) in [5, 5.41) is 2.64. The summed E-state index contributed by atoms with van der Waals surface area (Å²) in [5.74, 6) is 0. The first-order chi connectivity index (χ1) is 9.38. The summed E-state index contributed by atoms with van der Waals surface area (Å²) in [6.07, 6.45) is 0. The minimum Gasteiger partial charge on any atom is -0.378 e. The van der Waals surface area contributed by atoms with Crippen molar-refractivity contribution in [2.75, 3.05) is 26.3 Å². The van der Waals surface area contributed by atoms with Crippen LogP contribution in [0.4, 0.5) is 0 Å². The zero-order valence-corrected chi connectivity index (χ0v) is 11.1. The lowest BCUT2D eigenvalue weighted by molar-refractivity contribution is -0.00774. The monoisotopic (exact) mass is 256 g/mol. The Morgan fingerprint density at radius 3 is 2.89 bits per heavy atom. The standard InChI is InChI=1S/C16H20N2O/c17-10-15-12-19-9-8-18(15)11-14-6-3-5-13-4-1-2-7-16(13)14/h1-7,15H,8-12,17H2. The molecule has 1 heterocycles. The van der Waals surface area contributed by atoms with Crippen LogP contribution in [-0.2, 0) is 11.3 Å². The summed E-state index contributed by atoms with van der Waals surface area (Å²) in [7, 11) is 0. The highest BCUT2D eigenvalue weighted by molar-refractivity contribution is 5.85. The molecule has 1 aliphatic heterocycles. The number of hydrogen-bond donors (Lipinski definition) is 1. The molecule has 3 heteroatoms. The minimum atomic E-state index is 0.340. The molecule has 2 aromatic carbocycles. The maximum absolute atomic E-state index is 5.84. The van der Waals surface area contributed by atoms with Gasteiger partial charge in [-0.3, -0.25) is 4.90 Å². The summed E-state index contributed by atoms with van der Waals surface area (Å²) in [5.41, 5.74) is 7.21. The zero-order valence-electron chi connectivity index (χ0n) is 11.1. The van der Waals surface area contributed by atoms with Gasteiger partial charge in [-0.05, 0) is 16.3 Å². The van der Waals surface area contributed by atoms with Gasteiger partial charge < -0.3 is 10.5 Å². The van der Waals surface area contributed by atoms with Crippen LogP contribution < -0.4 is 5.73 Å². The van der Waals surface area contributed by atoms with Crippen molar-refractivity contribution < 1.29 is 4.74 Å². The Morgan fingerprint density at radius 2 is 2.00 bits per heavy atom. The van der Waals surface area contributed by atoms with Gasteiger partial charge in [-0.15, -0.1) is 0 Å². The van der Waals surface area contributed by atoms with Crippen LogP contribution in [0, 0.1) is 0 Å². The summed E-state index contributed by atoms with van der Waals surface area (Å²) in [6, 6.07) is 15.4. The molecule has 0 spiro atoms. The second kappa shape index (κ2) is 5.70. The Labute approximate surface area is 114 Å². The lowest BCUT2D eigenvalue weighted by atomic mass is 10.0. The molecular formula is C16H20N2O. The van der Waals surface area contributed by atoms with Crippen LogP contribution in [0.15, 0.2) is 42.5 Å². The topological polar surface area (TPSA) is 38.5 Å². The first kappa shape index (κ1) is 12.6. The number of ether oxygens (including phenoxy) is 1. The Hall–Kier alpha value is -1.42. The number of nitrogens with zero attached hydrogens (tertiary/aromatic N) is 1. The van der Waals surface area contributed by atoms with Crippen molar-refractivity contribution in [3.8, 4) is 0 Å². The second-order valence-corrected chi connectivity index (χ2v) is 5.07. The van der Waals surface area contributed by atoms with Gasteiger partial charge in [0.2, 0.25) is 0 Å². The highest BCUT2D eigenvalue weighted by Gasteiger charge is 2.21. The SMILES string of the molecule is NCC1COCCN1Cc1cccc2ccccc12. The molecule has 19 heavy (non-hydrogen) atoms. The van der Waals surface area contributed by atoms with Gasteiger partial charge in [-0.2, -0.15) is 0 Å². The second-order valence-electron chi connectivity index (χ2n) is 5.07. The number of hydrogen-bond acceptors (Lipinski definition) is 3. The molecule has 1 atom stereocenters. The predicted molar refractivity (Wildman–Crippen MR) is 78.0 cm³/mol. The van der Waals surface area contributed by atoms with E-state index in [2.05, 4.69) is 47.4 Å². The van der Waals surface area contributed by atoms with Gasteiger partial charge in [0, 0.05) is 25.7 Å². The number of nitrogens with two attached hydrogens (primary N) is 1. The number of benzene rings is 2. The normalized spacial score (nSPS) is 20.8. The highest BCUT2D eigenvalue weighted by Crippen LogP contribution is 2.21. The van der Waals surface area contributed by atoms with E-state index in [-0.39, 0.29) is 0 Å². The average molecular weight is 256 g/mol. The molecule has 1 unspecified atom stereocenters. The average Bonchev–Trinajstić information content (AvgIpc) is 2.48. The van der Waals surface area contributed by atoms with Gasteiger partial charge in [-0.25, -0.2) is 0 Å². The summed E-state index contributed by atoms with van der Waals surface area (Å²) in [4.78, 5) is 2.44. The molecule has 100 valence electrons. The lowest BCUT2D eigenvalue weighted by Gasteiger charge is -2.35. The van der Waals surface area contributed by atoms with Crippen LogP contribution in [0.2, 0.25) is 0 Å². The van der Waals surface area contributed by atoms with Crippen LogP contribution in [0.25, 0.3) is 10.8 Å². The molecule has 3 nitrogen and oxygen atoms in total. The van der Waals surface area contributed by atoms with Crippen LogP contribution in [0.3, 0.4) is 0 Å². The summed E-state index contributed by atoms with van der Waals surface area (Å²) < 4.78 is 5.51. The fraction of sp³-hybridized carbons (Fsp3) is 0.375. The van der Waals surface area contributed by atoms with Crippen LogP contribution in [0.1, 0.15) is 5.56 Å². The number of rotatable bonds is 3. The Morgan fingerprint density at radius 1 is 1.16 bits per heavy atom. The maximum atomic E-state index is 5.84. The van der Waals surface area contributed by atoms with Crippen molar-refractivity contribution in [2.45, 2.75) is 12.6 Å². The van der Waals surface area contributed by atoms with E-state index in [0.717, 1.165) is 26.3 Å². The van der Waals surface area contributed by atoms with Crippen molar-refractivity contribution in [3.05, 3.63) is 48.0 Å². The predicted octanol–water partition coefficient (Wildman–Crippen LogP) is 2.00. The molecule has 1 aliphatic rings. The summed E-state index contributed by atoms with van der Waals surface area (Å²) >= 11 is 0. The van der Waals surface area contributed by atoms with Crippen molar-refractivity contribution in [3.63, 3.8) is 0 Å². The van der Waals surface area contributed by atoms with E-state index in [4.69, 9.17) is 10.5 Å². The molecule has 0 radical (unpaired) electrons. The smallest absolute Gasteiger partial charge is 0.0634 e. The molecule has 0 aliphatic carbocycles. The molecule has 0 saturated carbocycles. The van der Waals surface area contributed by atoms with E-state index >= 15 is 0 Å². The lowest BCUT2D eigenvalue weighted by Crippen LogP contribution is -2.48. The molecule has 0 amide bonds. The maximum Gasteiger partial charge on any atom is 0.0634 e. The first-order valence-electron chi connectivity index (χ1n) is 6.87. The molecular weight excluding hydrogens is 236 g/mol. The molecule has 2 N–H and O–H groups in total. The third-order valence-electron chi connectivity index (χ3n) is 3.87. The van der Waals surface area contributed by atoms with Crippen molar-refractivity contribution in [1.29, 1.82) is 0 Å². The third-order valence-corrected chi connectivity index (χ3v) is 3.87. The number of fused-ring (bicyclic) bond motifs is 1. The Kier molecular flexibility index (Phi) is 3.78. The van der Waals surface area contributed by atoms with Gasteiger partial charge in [-0.1, -0.05) is 42.5 Å². The molecule has 2 aromatic rings. The van der Waals surface area contributed by atoms with E-state index < -0.39 is 0 Å². The number of morpholine rings is 1. The van der Waals surface area contributed by atoms with Gasteiger partial charge in [0.15, 0.2) is 0 Å². The molecule has 3 rings (SSSR count). The van der Waals surface area contributed by atoms with Crippen LogP contribution >= 0.6 is 0 Å². The third kappa shape index (κ3) is 2.63. The zero-order chi connectivity index (χ0) is 13.1. The fourth-order valence-corrected chi connectivity index (χ4v) is 2.76. The van der Waals surface area contributed by atoms with E-state index in [1.54, 1.807) is 0 Å². The van der Waals surface area contributed by atoms with Gasteiger partial charge in [0.1, 0.15) is 0 Å². The van der Waals surface area contributed by atoms with Crippen LogP contribution in [-0.4, -0.2) is 37.2 Å². The van der Waals surface area contributed by atoms with Crippen molar-refractivity contribution >= 4 is 10.8 Å². The molecule has 0 bridgehead atoms. The van der Waals surface area contributed by atoms with E-state index in [1.165, 1.54) is 16.3 Å². The molecule has 1 fully saturated rings. The van der Waals surface area contributed by atoms with Gasteiger partial charge >= 0.3 is 0 Å². The summed E-state index contributed by atoms with van der Waals surface area (Å²) in [6.45, 7) is 4.13. The Bertz CT molecular complexity index is 550. The van der Waals surface area contributed by atoms with E-state index in [0.29, 0.717) is 12.6 Å². The fourth-order valence-electron chi connectivity index (χ4n) is 2.76. The van der Waals surface area contributed by atoms with E-state index in [1.807, 2.05) is 0 Å². The van der Waals surface area contributed by atoms with Crippen molar-refractivity contribution in [1.82, 2.24) is 4.90 Å². The minimum absolute atomic E-state index is 0.340. The molecule has 1 saturated heterocycles. The van der Waals surface area contributed by atoms with Crippen LogP contribution in [0.5, 0.6) is 0 Å².